The Morgan fingerprint density at radius 3 is 2.81 bits per heavy atom. The molecule has 2 nitrogen and oxygen atoms in total. The molecule has 94 valence electrons. The lowest BCUT2D eigenvalue weighted by atomic mass is 9.92. The first kappa shape index (κ1) is 12.7. The fourth-order valence-corrected chi connectivity index (χ4v) is 4.46. The molecule has 2 saturated heterocycles. The van der Waals surface area contributed by atoms with Gasteiger partial charge in [-0.2, -0.15) is 11.8 Å². The van der Waals surface area contributed by atoms with E-state index in [1.54, 1.807) is 0 Å². The molecule has 2 heterocycles. The molecule has 0 aromatic rings. The monoisotopic (exact) mass is 242 g/mol. The van der Waals surface area contributed by atoms with Gasteiger partial charge in [-0.3, -0.25) is 4.90 Å². The molecule has 2 rings (SSSR count). The van der Waals surface area contributed by atoms with Gasteiger partial charge in [0, 0.05) is 24.4 Å². The molecule has 2 aliphatic rings. The maximum atomic E-state index is 6.08. The van der Waals surface area contributed by atoms with Crippen LogP contribution in [-0.2, 0) is 0 Å². The number of hydrogen-bond donors (Lipinski definition) is 1. The summed E-state index contributed by atoms with van der Waals surface area (Å²) >= 11 is 2.10. The average Bonchev–Trinajstić information content (AvgIpc) is 2.80. The van der Waals surface area contributed by atoms with Crippen molar-refractivity contribution in [1.82, 2.24) is 4.90 Å². The lowest BCUT2D eigenvalue weighted by Gasteiger charge is -2.44. The molecule has 3 heteroatoms. The largest absolute Gasteiger partial charge is 0.329 e. The number of nitrogens with two attached hydrogens (primary N) is 1. The molecule has 2 atom stereocenters. The van der Waals surface area contributed by atoms with Crippen LogP contribution >= 0.6 is 11.8 Å². The molecule has 0 aromatic carbocycles. The molecule has 0 bridgehead atoms. The van der Waals surface area contributed by atoms with Gasteiger partial charge < -0.3 is 5.73 Å². The van der Waals surface area contributed by atoms with E-state index >= 15 is 0 Å². The Hall–Kier alpha value is 0.270. The zero-order valence-corrected chi connectivity index (χ0v) is 11.6. The molecule has 0 spiro atoms. The van der Waals surface area contributed by atoms with Gasteiger partial charge in [0.2, 0.25) is 0 Å². The van der Waals surface area contributed by atoms with Gasteiger partial charge in [0.25, 0.3) is 0 Å². The highest BCUT2D eigenvalue weighted by atomic mass is 32.2. The zero-order valence-electron chi connectivity index (χ0n) is 10.7. The highest BCUT2D eigenvalue weighted by Crippen LogP contribution is 2.36. The molecule has 2 unspecified atom stereocenters. The standard InChI is InChI=1S/C13H26N2S/c1-11(2)12-4-6-15(8-12)13(9-14)5-3-7-16-10-13/h11-12H,3-10,14H2,1-2H3. The van der Waals surface area contributed by atoms with Crippen molar-refractivity contribution in [3.63, 3.8) is 0 Å². The summed E-state index contributed by atoms with van der Waals surface area (Å²) in [6.45, 7) is 8.14. The van der Waals surface area contributed by atoms with Crippen molar-refractivity contribution in [2.45, 2.75) is 38.6 Å². The van der Waals surface area contributed by atoms with Crippen molar-refractivity contribution < 1.29 is 0 Å². The van der Waals surface area contributed by atoms with Crippen molar-refractivity contribution >= 4 is 11.8 Å². The van der Waals surface area contributed by atoms with E-state index in [1.807, 2.05) is 0 Å². The first-order valence-electron chi connectivity index (χ1n) is 6.71. The summed E-state index contributed by atoms with van der Waals surface area (Å²) in [7, 11) is 0. The first-order chi connectivity index (χ1) is 7.68. The highest BCUT2D eigenvalue weighted by Gasteiger charge is 2.41. The van der Waals surface area contributed by atoms with Crippen LogP contribution in [0.5, 0.6) is 0 Å². The van der Waals surface area contributed by atoms with E-state index in [-0.39, 0.29) is 0 Å². The molecule has 0 radical (unpaired) electrons. The summed E-state index contributed by atoms with van der Waals surface area (Å²) in [5.74, 6) is 4.32. The van der Waals surface area contributed by atoms with Gasteiger partial charge in [-0.1, -0.05) is 13.8 Å². The third-order valence-corrected chi connectivity index (χ3v) is 5.84. The van der Waals surface area contributed by atoms with Gasteiger partial charge in [0.05, 0.1) is 0 Å². The molecule has 0 amide bonds. The normalized spacial score (nSPS) is 37.1. The fourth-order valence-electron chi connectivity index (χ4n) is 3.14. The molecule has 0 aliphatic carbocycles. The van der Waals surface area contributed by atoms with Crippen LogP contribution in [0, 0.1) is 11.8 Å². The minimum atomic E-state index is 0.340. The summed E-state index contributed by atoms with van der Waals surface area (Å²) in [6, 6.07) is 0. The van der Waals surface area contributed by atoms with Crippen LogP contribution in [0.4, 0.5) is 0 Å². The molecular formula is C13H26N2S. The highest BCUT2D eigenvalue weighted by molar-refractivity contribution is 7.99. The van der Waals surface area contributed by atoms with Gasteiger partial charge in [-0.15, -0.1) is 0 Å². The zero-order chi connectivity index (χ0) is 11.6. The topological polar surface area (TPSA) is 29.3 Å². The molecule has 2 N–H and O–H groups in total. The van der Waals surface area contributed by atoms with Gasteiger partial charge in [-0.05, 0) is 43.4 Å². The van der Waals surface area contributed by atoms with Crippen LogP contribution in [0.2, 0.25) is 0 Å². The molecule has 16 heavy (non-hydrogen) atoms. The maximum absolute atomic E-state index is 6.08. The van der Waals surface area contributed by atoms with E-state index in [9.17, 15) is 0 Å². The van der Waals surface area contributed by atoms with Crippen molar-refractivity contribution in [2.75, 3.05) is 31.1 Å². The second-order valence-corrected chi connectivity index (χ2v) is 6.93. The Bertz CT molecular complexity index is 224. The molecule has 2 fully saturated rings. The van der Waals surface area contributed by atoms with Gasteiger partial charge >= 0.3 is 0 Å². The Kier molecular flexibility index (Phi) is 4.20. The number of rotatable bonds is 3. The van der Waals surface area contributed by atoms with Crippen LogP contribution in [-0.4, -0.2) is 41.6 Å². The summed E-state index contributed by atoms with van der Waals surface area (Å²) in [5, 5.41) is 0. The SMILES string of the molecule is CC(C)C1CCN(C2(CN)CCCSC2)C1. The maximum Gasteiger partial charge on any atom is 0.0422 e. The number of likely N-dealkylation sites (tertiary alicyclic amines) is 1. The minimum Gasteiger partial charge on any atom is -0.329 e. The smallest absolute Gasteiger partial charge is 0.0422 e. The predicted molar refractivity (Wildman–Crippen MR) is 72.9 cm³/mol. The Morgan fingerprint density at radius 1 is 1.50 bits per heavy atom. The Labute approximate surface area is 104 Å². The summed E-state index contributed by atoms with van der Waals surface area (Å²) < 4.78 is 0. The minimum absolute atomic E-state index is 0.340. The summed E-state index contributed by atoms with van der Waals surface area (Å²) in [6.07, 6.45) is 4.05. The second-order valence-electron chi connectivity index (χ2n) is 5.82. The van der Waals surface area contributed by atoms with Crippen LogP contribution in [0.25, 0.3) is 0 Å². The lowest BCUT2D eigenvalue weighted by Crippen LogP contribution is -2.56. The van der Waals surface area contributed by atoms with Crippen LogP contribution in [0.1, 0.15) is 33.1 Å². The van der Waals surface area contributed by atoms with Crippen molar-refractivity contribution in [3.05, 3.63) is 0 Å². The predicted octanol–water partition coefficient (Wildman–Crippen LogP) is 2.19. The molecule has 0 aromatic heterocycles. The van der Waals surface area contributed by atoms with E-state index < -0.39 is 0 Å². The van der Waals surface area contributed by atoms with Crippen LogP contribution in [0.3, 0.4) is 0 Å². The molecular weight excluding hydrogens is 216 g/mol. The number of thioether (sulfide) groups is 1. The fraction of sp³-hybridized carbons (Fsp3) is 1.00. The van der Waals surface area contributed by atoms with E-state index in [0.717, 1.165) is 18.4 Å². The van der Waals surface area contributed by atoms with E-state index in [2.05, 4.69) is 30.5 Å². The first-order valence-corrected chi connectivity index (χ1v) is 7.86. The molecule has 2 aliphatic heterocycles. The summed E-state index contributed by atoms with van der Waals surface area (Å²) in [4.78, 5) is 2.71. The summed E-state index contributed by atoms with van der Waals surface area (Å²) in [5.41, 5.74) is 6.42. The second kappa shape index (κ2) is 5.28. The van der Waals surface area contributed by atoms with E-state index in [4.69, 9.17) is 5.73 Å². The van der Waals surface area contributed by atoms with Crippen molar-refractivity contribution in [1.29, 1.82) is 0 Å². The quantitative estimate of drug-likeness (QED) is 0.822. The van der Waals surface area contributed by atoms with Gasteiger partial charge in [-0.25, -0.2) is 0 Å². The lowest BCUT2D eigenvalue weighted by molar-refractivity contribution is 0.125. The van der Waals surface area contributed by atoms with Crippen molar-refractivity contribution in [2.24, 2.45) is 17.6 Å². The van der Waals surface area contributed by atoms with Crippen LogP contribution < -0.4 is 5.73 Å². The average molecular weight is 242 g/mol. The Balaban J connectivity index is 2.00. The Morgan fingerprint density at radius 2 is 2.31 bits per heavy atom. The third kappa shape index (κ3) is 2.41. The molecule has 0 saturated carbocycles. The number of nitrogens with zero attached hydrogens (tertiary/aromatic N) is 1. The number of hydrogen-bond acceptors (Lipinski definition) is 3. The van der Waals surface area contributed by atoms with Gasteiger partial charge in [0.1, 0.15) is 0 Å². The van der Waals surface area contributed by atoms with Crippen LogP contribution in [0.15, 0.2) is 0 Å². The van der Waals surface area contributed by atoms with Gasteiger partial charge in [0.15, 0.2) is 0 Å². The van der Waals surface area contributed by atoms with E-state index in [1.165, 1.54) is 43.9 Å². The van der Waals surface area contributed by atoms with Crippen molar-refractivity contribution in [3.8, 4) is 0 Å². The third-order valence-electron chi connectivity index (χ3n) is 4.52. The van der Waals surface area contributed by atoms with E-state index in [0.29, 0.717) is 5.54 Å².